The molecule has 0 aromatic carbocycles. The normalized spacial score (nSPS) is 10.0. The number of hydrogen-bond acceptors (Lipinski definition) is 4. The molecule has 0 spiro atoms. The second-order valence-electron chi connectivity index (χ2n) is 2.67. The van der Waals surface area contributed by atoms with Crippen molar-refractivity contribution >= 4 is 17.2 Å². The average molecular weight is 199 g/mol. The number of rotatable bonds is 4. The summed E-state index contributed by atoms with van der Waals surface area (Å²) in [4.78, 5) is 15.4. The van der Waals surface area contributed by atoms with Gasteiger partial charge < -0.3 is 11.1 Å². The number of nitrogens with one attached hydrogen (secondary N) is 1. The molecule has 0 aliphatic rings. The number of nitrogens with zero attached hydrogens (tertiary/aromatic N) is 1. The van der Waals surface area contributed by atoms with E-state index in [0.717, 1.165) is 10.7 Å². The molecule has 5 heteroatoms. The van der Waals surface area contributed by atoms with Crippen molar-refractivity contribution in [2.24, 2.45) is 5.73 Å². The van der Waals surface area contributed by atoms with Gasteiger partial charge in [0.2, 0.25) is 5.91 Å². The molecule has 0 atom stereocenters. The van der Waals surface area contributed by atoms with E-state index in [-0.39, 0.29) is 5.91 Å². The number of carbonyl (C=O) groups is 1. The lowest BCUT2D eigenvalue weighted by molar-refractivity contribution is -0.120. The molecule has 0 unspecified atom stereocenters. The summed E-state index contributed by atoms with van der Waals surface area (Å²) in [6.07, 6.45) is 0.352. The topological polar surface area (TPSA) is 68.0 Å². The largest absolute Gasteiger partial charge is 0.354 e. The van der Waals surface area contributed by atoms with Crippen LogP contribution in [0.15, 0.2) is 5.38 Å². The van der Waals surface area contributed by atoms with Crippen molar-refractivity contribution in [2.75, 3.05) is 13.1 Å². The Morgan fingerprint density at radius 1 is 1.77 bits per heavy atom. The quantitative estimate of drug-likeness (QED) is 0.721. The third kappa shape index (κ3) is 3.52. The first-order chi connectivity index (χ1) is 6.22. The highest BCUT2D eigenvalue weighted by atomic mass is 32.1. The lowest BCUT2D eigenvalue weighted by Gasteiger charge is -2.00. The third-order valence-corrected chi connectivity index (χ3v) is 2.30. The van der Waals surface area contributed by atoms with E-state index in [0.29, 0.717) is 19.5 Å². The zero-order valence-electron chi connectivity index (χ0n) is 7.54. The fourth-order valence-corrected chi connectivity index (χ4v) is 1.54. The minimum absolute atomic E-state index is 0.0178. The first kappa shape index (κ1) is 10.1. The highest BCUT2D eigenvalue weighted by molar-refractivity contribution is 7.09. The van der Waals surface area contributed by atoms with Gasteiger partial charge in [-0.05, 0) is 6.92 Å². The first-order valence-corrected chi connectivity index (χ1v) is 4.98. The van der Waals surface area contributed by atoms with Crippen LogP contribution in [0, 0.1) is 6.92 Å². The molecule has 1 amide bonds. The van der Waals surface area contributed by atoms with Gasteiger partial charge in [0, 0.05) is 18.5 Å². The monoisotopic (exact) mass is 199 g/mol. The van der Waals surface area contributed by atoms with Crippen LogP contribution >= 0.6 is 11.3 Å². The van der Waals surface area contributed by atoms with E-state index in [1.807, 2.05) is 12.3 Å². The van der Waals surface area contributed by atoms with Gasteiger partial charge in [0.25, 0.3) is 0 Å². The molecular formula is C8H13N3OS. The highest BCUT2D eigenvalue weighted by Gasteiger charge is 2.04. The average Bonchev–Trinajstić information content (AvgIpc) is 2.48. The summed E-state index contributed by atoms with van der Waals surface area (Å²) in [6, 6.07) is 0. The van der Waals surface area contributed by atoms with Crippen LogP contribution in [0.5, 0.6) is 0 Å². The van der Waals surface area contributed by atoms with Crippen LogP contribution in [0.1, 0.15) is 10.7 Å². The Hall–Kier alpha value is -0.940. The van der Waals surface area contributed by atoms with Crippen LogP contribution < -0.4 is 11.1 Å². The second-order valence-corrected chi connectivity index (χ2v) is 3.74. The molecule has 1 aromatic heterocycles. The minimum Gasteiger partial charge on any atom is -0.354 e. The van der Waals surface area contributed by atoms with Crippen LogP contribution in [0.3, 0.4) is 0 Å². The standard InChI is InChI=1S/C8H13N3OS/c1-6-11-7(5-13-6)4-8(12)10-3-2-9/h5H,2-4,9H2,1H3,(H,10,12). The number of amides is 1. The molecule has 0 saturated heterocycles. The SMILES string of the molecule is Cc1nc(CC(=O)NCCN)cs1. The molecule has 0 saturated carbocycles. The Labute approximate surface area is 81.2 Å². The molecule has 0 bridgehead atoms. The van der Waals surface area contributed by atoms with Gasteiger partial charge >= 0.3 is 0 Å². The molecule has 0 radical (unpaired) electrons. The highest BCUT2D eigenvalue weighted by Crippen LogP contribution is 2.07. The maximum atomic E-state index is 11.2. The number of thiazole rings is 1. The van der Waals surface area contributed by atoms with E-state index in [2.05, 4.69) is 10.3 Å². The number of aromatic nitrogens is 1. The predicted octanol–water partition coefficient (Wildman–Crippen LogP) is 0.0689. The summed E-state index contributed by atoms with van der Waals surface area (Å²) >= 11 is 1.55. The lowest BCUT2D eigenvalue weighted by atomic mass is 10.3. The minimum atomic E-state index is -0.0178. The molecule has 1 rings (SSSR count). The van der Waals surface area contributed by atoms with Crippen LogP contribution in [-0.2, 0) is 11.2 Å². The fraction of sp³-hybridized carbons (Fsp3) is 0.500. The molecule has 0 fully saturated rings. The van der Waals surface area contributed by atoms with Gasteiger partial charge in [-0.15, -0.1) is 11.3 Å². The Morgan fingerprint density at radius 3 is 3.08 bits per heavy atom. The Morgan fingerprint density at radius 2 is 2.54 bits per heavy atom. The van der Waals surface area contributed by atoms with Gasteiger partial charge in [0.1, 0.15) is 0 Å². The zero-order chi connectivity index (χ0) is 9.68. The molecule has 0 aliphatic heterocycles. The first-order valence-electron chi connectivity index (χ1n) is 4.10. The summed E-state index contributed by atoms with van der Waals surface area (Å²) in [6.45, 7) is 2.93. The number of nitrogens with two attached hydrogens (primary N) is 1. The van der Waals surface area contributed by atoms with Crippen LogP contribution in [-0.4, -0.2) is 24.0 Å². The van der Waals surface area contributed by atoms with Crippen molar-refractivity contribution in [2.45, 2.75) is 13.3 Å². The van der Waals surface area contributed by atoms with Gasteiger partial charge in [-0.3, -0.25) is 4.79 Å². The molecular weight excluding hydrogens is 186 g/mol. The summed E-state index contributed by atoms with van der Waals surface area (Å²) < 4.78 is 0. The summed E-state index contributed by atoms with van der Waals surface area (Å²) in [7, 11) is 0. The molecule has 1 heterocycles. The van der Waals surface area contributed by atoms with E-state index in [4.69, 9.17) is 5.73 Å². The Bertz CT molecular complexity index is 285. The van der Waals surface area contributed by atoms with Crippen molar-refractivity contribution in [3.63, 3.8) is 0 Å². The molecule has 3 N–H and O–H groups in total. The van der Waals surface area contributed by atoms with Crippen LogP contribution in [0.2, 0.25) is 0 Å². The number of aryl methyl sites for hydroxylation is 1. The van der Waals surface area contributed by atoms with Crippen LogP contribution in [0.4, 0.5) is 0 Å². The third-order valence-electron chi connectivity index (χ3n) is 1.47. The zero-order valence-corrected chi connectivity index (χ0v) is 8.36. The van der Waals surface area contributed by atoms with E-state index in [1.54, 1.807) is 11.3 Å². The molecule has 13 heavy (non-hydrogen) atoms. The van der Waals surface area contributed by atoms with Crippen molar-refractivity contribution in [3.8, 4) is 0 Å². The number of hydrogen-bond donors (Lipinski definition) is 2. The van der Waals surface area contributed by atoms with Gasteiger partial charge in [0.05, 0.1) is 17.1 Å². The van der Waals surface area contributed by atoms with Crippen molar-refractivity contribution in [1.82, 2.24) is 10.3 Å². The van der Waals surface area contributed by atoms with Crippen molar-refractivity contribution in [3.05, 3.63) is 16.1 Å². The van der Waals surface area contributed by atoms with Gasteiger partial charge in [-0.1, -0.05) is 0 Å². The summed E-state index contributed by atoms with van der Waals surface area (Å²) in [5, 5.41) is 5.58. The maximum absolute atomic E-state index is 11.2. The van der Waals surface area contributed by atoms with E-state index in [1.165, 1.54) is 0 Å². The smallest absolute Gasteiger partial charge is 0.226 e. The lowest BCUT2D eigenvalue weighted by Crippen LogP contribution is -2.30. The van der Waals surface area contributed by atoms with Crippen molar-refractivity contribution in [1.29, 1.82) is 0 Å². The maximum Gasteiger partial charge on any atom is 0.226 e. The van der Waals surface area contributed by atoms with Crippen molar-refractivity contribution < 1.29 is 4.79 Å². The molecule has 1 aromatic rings. The van der Waals surface area contributed by atoms with Gasteiger partial charge in [0.15, 0.2) is 0 Å². The summed E-state index contributed by atoms with van der Waals surface area (Å²) in [5.74, 6) is -0.0178. The second kappa shape index (κ2) is 4.94. The van der Waals surface area contributed by atoms with E-state index >= 15 is 0 Å². The van der Waals surface area contributed by atoms with E-state index in [9.17, 15) is 4.79 Å². The molecule has 72 valence electrons. The fourth-order valence-electron chi connectivity index (χ4n) is 0.928. The van der Waals surface area contributed by atoms with Crippen LogP contribution in [0.25, 0.3) is 0 Å². The molecule has 0 aliphatic carbocycles. The Balaban J connectivity index is 2.36. The summed E-state index contributed by atoms with van der Waals surface area (Å²) in [5.41, 5.74) is 6.08. The Kier molecular flexibility index (Phi) is 3.85. The van der Waals surface area contributed by atoms with Gasteiger partial charge in [-0.2, -0.15) is 0 Å². The molecule has 4 nitrogen and oxygen atoms in total. The van der Waals surface area contributed by atoms with Gasteiger partial charge in [-0.25, -0.2) is 4.98 Å². The predicted molar refractivity (Wildman–Crippen MR) is 52.6 cm³/mol. The number of carbonyl (C=O) groups excluding carboxylic acids is 1. The van der Waals surface area contributed by atoms with E-state index < -0.39 is 0 Å².